The van der Waals surface area contributed by atoms with Crippen LogP contribution in [0.3, 0.4) is 0 Å². The molecular weight excluding hydrogens is 358 g/mol. The van der Waals surface area contributed by atoms with Gasteiger partial charge in [0.2, 0.25) is 0 Å². The number of methoxy groups -OCH3 is 1. The number of imide groups is 1. The van der Waals surface area contributed by atoms with E-state index in [1.165, 1.54) is 4.90 Å². The first-order valence-electron chi connectivity index (χ1n) is 9.15. The fourth-order valence-corrected chi connectivity index (χ4v) is 3.10. The average molecular weight is 381 g/mol. The lowest BCUT2D eigenvalue weighted by Gasteiger charge is -2.16. The maximum Gasteiger partial charge on any atom is 0.315 e. The Balaban J connectivity index is 1.42. The molecule has 0 saturated heterocycles. The van der Waals surface area contributed by atoms with Gasteiger partial charge in [0.05, 0.1) is 24.3 Å². The number of ether oxygens (including phenoxy) is 1. The Labute approximate surface area is 163 Å². The summed E-state index contributed by atoms with van der Waals surface area (Å²) in [6.07, 6.45) is 0.482. The van der Waals surface area contributed by atoms with Crippen molar-refractivity contribution in [2.45, 2.75) is 19.4 Å². The molecule has 146 valence electrons. The van der Waals surface area contributed by atoms with Gasteiger partial charge in [-0.05, 0) is 43.2 Å². The third kappa shape index (κ3) is 4.14. The predicted octanol–water partition coefficient (Wildman–Crippen LogP) is 2.74. The molecule has 1 heterocycles. The van der Waals surface area contributed by atoms with Crippen LogP contribution in [-0.4, -0.2) is 42.9 Å². The molecule has 4 amide bonds. The third-order valence-electron chi connectivity index (χ3n) is 4.69. The van der Waals surface area contributed by atoms with E-state index < -0.39 is 0 Å². The van der Waals surface area contributed by atoms with Crippen LogP contribution in [0.15, 0.2) is 48.5 Å². The number of nitrogens with zero attached hydrogens (tertiary/aromatic N) is 1. The number of urea groups is 1. The van der Waals surface area contributed by atoms with Crippen molar-refractivity contribution in [3.63, 3.8) is 0 Å². The first-order chi connectivity index (χ1) is 13.5. The zero-order chi connectivity index (χ0) is 20.1. The minimum absolute atomic E-state index is 0.165. The highest BCUT2D eigenvalue weighted by Gasteiger charge is 2.34. The third-order valence-corrected chi connectivity index (χ3v) is 4.69. The second kappa shape index (κ2) is 8.56. The van der Waals surface area contributed by atoms with Gasteiger partial charge in [0.1, 0.15) is 5.75 Å². The summed E-state index contributed by atoms with van der Waals surface area (Å²) in [5, 5.41) is 5.61. The van der Waals surface area contributed by atoms with Crippen molar-refractivity contribution in [2.24, 2.45) is 0 Å². The van der Waals surface area contributed by atoms with Crippen molar-refractivity contribution in [3.05, 3.63) is 65.2 Å². The van der Waals surface area contributed by atoms with Crippen LogP contribution < -0.4 is 15.4 Å². The van der Waals surface area contributed by atoms with Gasteiger partial charge in [-0.3, -0.25) is 14.5 Å². The molecule has 3 rings (SSSR count). The van der Waals surface area contributed by atoms with E-state index in [2.05, 4.69) is 10.6 Å². The number of hydrogen-bond acceptors (Lipinski definition) is 4. The SMILES string of the molecule is COc1ccc(C(C)NC(=O)NCCCN2C(=O)c3ccccc3C2=O)cc1. The van der Waals surface area contributed by atoms with Gasteiger partial charge in [0.25, 0.3) is 11.8 Å². The summed E-state index contributed by atoms with van der Waals surface area (Å²) in [5.74, 6) is 0.199. The van der Waals surface area contributed by atoms with Crippen LogP contribution in [0.4, 0.5) is 4.79 Å². The Morgan fingerprint density at radius 2 is 1.64 bits per heavy atom. The second-order valence-corrected chi connectivity index (χ2v) is 6.56. The first kappa shape index (κ1) is 19.4. The summed E-state index contributed by atoms with van der Waals surface area (Å²) in [4.78, 5) is 37.8. The summed E-state index contributed by atoms with van der Waals surface area (Å²) in [7, 11) is 1.60. The van der Waals surface area contributed by atoms with Crippen molar-refractivity contribution in [2.75, 3.05) is 20.2 Å². The lowest BCUT2D eigenvalue weighted by molar-refractivity contribution is 0.0653. The Kier molecular flexibility index (Phi) is 5.93. The standard InChI is InChI=1S/C21H23N3O4/c1-14(15-8-10-16(28-2)11-9-15)23-21(27)22-12-5-13-24-19(25)17-6-3-4-7-18(17)20(24)26/h3-4,6-11,14H,5,12-13H2,1-2H3,(H2,22,23,27). The Hall–Kier alpha value is -3.35. The zero-order valence-corrected chi connectivity index (χ0v) is 15.9. The molecule has 2 aromatic rings. The molecule has 0 saturated carbocycles. The number of carbonyl (C=O) groups is 3. The van der Waals surface area contributed by atoms with Crippen LogP contribution in [0.5, 0.6) is 5.75 Å². The average Bonchev–Trinajstić information content (AvgIpc) is 2.96. The monoisotopic (exact) mass is 381 g/mol. The first-order valence-corrected chi connectivity index (χ1v) is 9.15. The van der Waals surface area contributed by atoms with Crippen molar-refractivity contribution in [1.29, 1.82) is 0 Å². The molecule has 0 bridgehead atoms. The van der Waals surface area contributed by atoms with Gasteiger partial charge in [0, 0.05) is 13.1 Å². The van der Waals surface area contributed by atoms with Crippen molar-refractivity contribution in [1.82, 2.24) is 15.5 Å². The second-order valence-electron chi connectivity index (χ2n) is 6.56. The van der Waals surface area contributed by atoms with Crippen LogP contribution >= 0.6 is 0 Å². The number of fused-ring (bicyclic) bond motifs is 1. The van der Waals surface area contributed by atoms with Gasteiger partial charge in [0.15, 0.2) is 0 Å². The lowest BCUT2D eigenvalue weighted by Crippen LogP contribution is -2.39. The van der Waals surface area contributed by atoms with Crippen molar-refractivity contribution < 1.29 is 19.1 Å². The minimum Gasteiger partial charge on any atom is -0.497 e. The van der Waals surface area contributed by atoms with Gasteiger partial charge in [-0.1, -0.05) is 24.3 Å². The summed E-state index contributed by atoms with van der Waals surface area (Å²) in [6, 6.07) is 13.8. The minimum atomic E-state index is -0.300. The highest BCUT2D eigenvalue weighted by molar-refractivity contribution is 6.21. The van der Waals surface area contributed by atoms with E-state index in [1.807, 2.05) is 31.2 Å². The molecule has 28 heavy (non-hydrogen) atoms. The fourth-order valence-electron chi connectivity index (χ4n) is 3.10. The molecule has 0 aromatic heterocycles. The number of amides is 4. The molecule has 0 radical (unpaired) electrons. The van der Waals surface area contributed by atoms with E-state index >= 15 is 0 Å². The normalized spacial score (nSPS) is 13.9. The molecule has 7 nitrogen and oxygen atoms in total. The van der Waals surface area contributed by atoms with E-state index in [0.29, 0.717) is 24.1 Å². The topological polar surface area (TPSA) is 87.7 Å². The van der Waals surface area contributed by atoms with Gasteiger partial charge in [-0.15, -0.1) is 0 Å². The molecule has 1 unspecified atom stereocenters. The van der Waals surface area contributed by atoms with Gasteiger partial charge in [-0.2, -0.15) is 0 Å². The molecule has 2 aromatic carbocycles. The summed E-state index contributed by atoms with van der Waals surface area (Å²) < 4.78 is 5.12. The van der Waals surface area contributed by atoms with Crippen molar-refractivity contribution in [3.8, 4) is 5.75 Å². The van der Waals surface area contributed by atoms with Crippen LogP contribution in [0.2, 0.25) is 0 Å². The summed E-state index contributed by atoms with van der Waals surface area (Å²) >= 11 is 0. The van der Waals surface area contributed by atoms with Gasteiger partial charge < -0.3 is 15.4 Å². The summed E-state index contributed by atoms with van der Waals surface area (Å²) in [6.45, 7) is 2.51. The highest BCUT2D eigenvalue weighted by Crippen LogP contribution is 2.22. The molecule has 0 fully saturated rings. The maximum absolute atomic E-state index is 12.3. The van der Waals surface area contributed by atoms with Crippen LogP contribution in [0.1, 0.15) is 45.7 Å². The quantitative estimate of drug-likeness (QED) is 0.570. The maximum atomic E-state index is 12.3. The van der Waals surface area contributed by atoms with E-state index in [1.54, 1.807) is 31.4 Å². The van der Waals surface area contributed by atoms with E-state index in [-0.39, 0.29) is 30.4 Å². The van der Waals surface area contributed by atoms with Gasteiger partial charge in [-0.25, -0.2) is 4.79 Å². The zero-order valence-electron chi connectivity index (χ0n) is 15.9. The molecule has 7 heteroatoms. The molecule has 1 atom stereocenters. The molecule has 0 spiro atoms. The van der Waals surface area contributed by atoms with Gasteiger partial charge >= 0.3 is 6.03 Å². The number of carbonyl (C=O) groups excluding carboxylic acids is 3. The van der Waals surface area contributed by atoms with Crippen LogP contribution in [0.25, 0.3) is 0 Å². The molecular formula is C21H23N3O4. The molecule has 1 aliphatic rings. The number of nitrogens with one attached hydrogen (secondary N) is 2. The van der Waals surface area contributed by atoms with Crippen LogP contribution in [-0.2, 0) is 0 Å². The molecule has 0 aliphatic carbocycles. The van der Waals surface area contributed by atoms with Crippen LogP contribution in [0, 0.1) is 0 Å². The Morgan fingerprint density at radius 1 is 1.04 bits per heavy atom. The number of rotatable bonds is 7. The summed E-state index contributed by atoms with van der Waals surface area (Å²) in [5.41, 5.74) is 1.83. The van der Waals surface area contributed by atoms with E-state index in [4.69, 9.17) is 4.74 Å². The lowest BCUT2D eigenvalue weighted by atomic mass is 10.1. The number of hydrogen-bond donors (Lipinski definition) is 2. The Morgan fingerprint density at radius 3 is 2.21 bits per heavy atom. The fraction of sp³-hybridized carbons (Fsp3) is 0.286. The largest absolute Gasteiger partial charge is 0.497 e. The van der Waals surface area contributed by atoms with Crippen molar-refractivity contribution >= 4 is 17.8 Å². The van der Waals surface area contributed by atoms with E-state index in [0.717, 1.165) is 11.3 Å². The smallest absolute Gasteiger partial charge is 0.315 e. The Bertz CT molecular complexity index is 844. The predicted molar refractivity (Wildman–Crippen MR) is 104 cm³/mol. The highest BCUT2D eigenvalue weighted by atomic mass is 16.5. The van der Waals surface area contributed by atoms with E-state index in [9.17, 15) is 14.4 Å². The molecule has 1 aliphatic heterocycles. The number of benzene rings is 2. The molecule has 2 N–H and O–H groups in total.